The Morgan fingerprint density at radius 3 is 2.71 bits per heavy atom. The third-order valence-corrected chi connectivity index (χ3v) is 8.55. The summed E-state index contributed by atoms with van der Waals surface area (Å²) in [5.41, 5.74) is 4.02. The SMILES string of the molecule is CNCC(=O)N[C@H](C(=O)N1CCC[C@H]1c1nc(-c2cc(C(C)C)nc3ccccc23)cs1)C1CCOCC1. The first-order valence-electron chi connectivity index (χ1n) is 13.6. The zero-order valence-corrected chi connectivity index (χ0v) is 23.2. The van der Waals surface area contributed by atoms with Gasteiger partial charge in [-0.25, -0.2) is 4.98 Å². The molecule has 2 aliphatic heterocycles. The lowest BCUT2D eigenvalue weighted by atomic mass is 9.90. The highest BCUT2D eigenvalue weighted by molar-refractivity contribution is 7.10. The van der Waals surface area contributed by atoms with Gasteiger partial charge in [0, 0.05) is 41.8 Å². The Hall–Kier alpha value is -2.88. The van der Waals surface area contributed by atoms with E-state index in [1.165, 1.54) is 0 Å². The maximum atomic E-state index is 14.0. The van der Waals surface area contributed by atoms with Gasteiger partial charge >= 0.3 is 0 Å². The molecule has 2 aromatic heterocycles. The fourth-order valence-corrected chi connectivity index (χ4v) is 6.51. The van der Waals surface area contributed by atoms with Gasteiger partial charge in [0.2, 0.25) is 11.8 Å². The van der Waals surface area contributed by atoms with E-state index < -0.39 is 6.04 Å². The molecule has 202 valence electrons. The number of benzene rings is 1. The van der Waals surface area contributed by atoms with Crippen molar-refractivity contribution in [2.24, 2.45) is 5.92 Å². The summed E-state index contributed by atoms with van der Waals surface area (Å²) in [5, 5.41) is 10.1. The first-order chi connectivity index (χ1) is 18.5. The molecule has 2 saturated heterocycles. The third kappa shape index (κ3) is 5.60. The van der Waals surface area contributed by atoms with E-state index in [1.54, 1.807) is 18.4 Å². The van der Waals surface area contributed by atoms with Crippen LogP contribution in [0.1, 0.15) is 62.2 Å². The van der Waals surface area contributed by atoms with E-state index in [0.717, 1.165) is 58.5 Å². The van der Waals surface area contributed by atoms with Crippen molar-refractivity contribution in [1.29, 1.82) is 0 Å². The van der Waals surface area contributed by atoms with Crippen LogP contribution < -0.4 is 10.6 Å². The van der Waals surface area contributed by atoms with Gasteiger partial charge in [-0.15, -0.1) is 11.3 Å². The van der Waals surface area contributed by atoms with Crippen molar-refractivity contribution in [1.82, 2.24) is 25.5 Å². The molecule has 0 unspecified atom stereocenters. The number of ether oxygens (including phenoxy) is 1. The molecule has 2 amide bonds. The zero-order chi connectivity index (χ0) is 26.6. The average molecular weight is 536 g/mol. The molecule has 4 heterocycles. The molecule has 8 nitrogen and oxygen atoms in total. The van der Waals surface area contributed by atoms with Crippen LogP contribution in [-0.2, 0) is 14.3 Å². The molecule has 2 aliphatic rings. The molecular weight excluding hydrogens is 498 g/mol. The Morgan fingerprint density at radius 2 is 1.95 bits per heavy atom. The lowest BCUT2D eigenvalue weighted by Crippen LogP contribution is -2.54. The van der Waals surface area contributed by atoms with Gasteiger partial charge < -0.3 is 20.3 Å². The highest BCUT2D eigenvalue weighted by Crippen LogP contribution is 2.38. The fourth-order valence-electron chi connectivity index (χ4n) is 5.55. The minimum absolute atomic E-state index is 0.00272. The molecule has 0 aliphatic carbocycles. The first-order valence-corrected chi connectivity index (χ1v) is 14.5. The van der Waals surface area contributed by atoms with Crippen LogP contribution in [0.4, 0.5) is 0 Å². The lowest BCUT2D eigenvalue weighted by Gasteiger charge is -2.34. The molecular formula is C29H37N5O3S. The number of pyridine rings is 1. The van der Waals surface area contributed by atoms with Crippen molar-refractivity contribution >= 4 is 34.1 Å². The Morgan fingerprint density at radius 1 is 1.16 bits per heavy atom. The zero-order valence-electron chi connectivity index (χ0n) is 22.4. The summed E-state index contributed by atoms with van der Waals surface area (Å²) in [6, 6.07) is 9.72. The van der Waals surface area contributed by atoms with E-state index >= 15 is 0 Å². The molecule has 0 radical (unpaired) electrons. The van der Waals surface area contributed by atoms with Crippen molar-refractivity contribution in [3.63, 3.8) is 0 Å². The summed E-state index contributed by atoms with van der Waals surface area (Å²) < 4.78 is 5.53. The number of amides is 2. The van der Waals surface area contributed by atoms with Crippen LogP contribution >= 0.6 is 11.3 Å². The Labute approximate surface area is 228 Å². The van der Waals surface area contributed by atoms with Gasteiger partial charge in [-0.3, -0.25) is 14.6 Å². The molecule has 3 aromatic rings. The molecule has 5 rings (SSSR count). The Balaban J connectivity index is 1.43. The van der Waals surface area contributed by atoms with Crippen molar-refractivity contribution in [3.8, 4) is 11.3 Å². The molecule has 1 aromatic carbocycles. The third-order valence-electron chi connectivity index (χ3n) is 7.60. The molecule has 0 bridgehead atoms. The second-order valence-electron chi connectivity index (χ2n) is 10.6. The van der Waals surface area contributed by atoms with Crippen LogP contribution in [0.15, 0.2) is 35.7 Å². The summed E-state index contributed by atoms with van der Waals surface area (Å²) >= 11 is 1.61. The number of para-hydroxylation sites is 1. The van der Waals surface area contributed by atoms with Crippen LogP contribution in [0, 0.1) is 5.92 Å². The average Bonchev–Trinajstić information content (AvgIpc) is 3.61. The van der Waals surface area contributed by atoms with E-state index in [2.05, 4.69) is 42.0 Å². The molecule has 2 atom stereocenters. The van der Waals surface area contributed by atoms with Crippen molar-refractivity contribution in [2.75, 3.05) is 33.4 Å². The number of carbonyl (C=O) groups excluding carboxylic acids is 2. The number of nitrogens with one attached hydrogen (secondary N) is 2. The van der Waals surface area contributed by atoms with Gasteiger partial charge in [-0.05, 0) is 56.7 Å². The number of likely N-dealkylation sites (N-methyl/N-ethyl adjacent to an activating group) is 1. The van der Waals surface area contributed by atoms with Gasteiger partial charge in [0.05, 0.1) is 23.8 Å². The number of aromatic nitrogens is 2. The molecule has 2 N–H and O–H groups in total. The summed E-state index contributed by atoms with van der Waals surface area (Å²) in [4.78, 5) is 38.4. The number of fused-ring (bicyclic) bond motifs is 1. The number of likely N-dealkylation sites (tertiary alicyclic amines) is 1. The van der Waals surface area contributed by atoms with Crippen molar-refractivity contribution in [3.05, 3.63) is 46.4 Å². The van der Waals surface area contributed by atoms with E-state index in [4.69, 9.17) is 14.7 Å². The van der Waals surface area contributed by atoms with E-state index in [1.807, 2.05) is 23.1 Å². The van der Waals surface area contributed by atoms with Crippen LogP contribution in [0.5, 0.6) is 0 Å². The number of thiazole rings is 1. The lowest BCUT2D eigenvalue weighted by molar-refractivity contribution is -0.139. The highest BCUT2D eigenvalue weighted by Gasteiger charge is 2.39. The first kappa shape index (κ1) is 26.7. The molecule has 38 heavy (non-hydrogen) atoms. The number of hydrogen-bond donors (Lipinski definition) is 2. The summed E-state index contributed by atoms with van der Waals surface area (Å²) in [6.07, 6.45) is 3.33. The van der Waals surface area contributed by atoms with Gasteiger partial charge in [0.25, 0.3) is 0 Å². The van der Waals surface area contributed by atoms with E-state index in [9.17, 15) is 9.59 Å². The maximum absolute atomic E-state index is 14.0. The predicted octanol–water partition coefficient (Wildman–Crippen LogP) is 4.28. The number of hydrogen-bond acceptors (Lipinski definition) is 7. The highest BCUT2D eigenvalue weighted by atomic mass is 32.1. The number of nitrogens with zero attached hydrogens (tertiary/aromatic N) is 3. The standard InChI is InChI=1S/C29H37N5O3S/c1-18(2)23-15-21(20-7-4-5-8-22(20)31-23)24-17-38-28(32-24)25-9-6-12-34(25)29(36)27(33-26(35)16-30-3)19-10-13-37-14-11-19/h4-5,7-8,15,17-19,25,27,30H,6,9-14,16H2,1-3H3,(H,33,35)/t25-,27-/m0/s1. The molecule has 0 saturated carbocycles. The largest absolute Gasteiger partial charge is 0.381 e. The van der Waals surface area contributed by atoms with Gasteiger partial charge in [-0.2, -0.15) is 0 Å². The van der Waals surface area contributed by atoms with Crippen molar-refractivity contribution < 1.29 is 14.3 Å². The summed E-state index contributed by atoms with van der Waals surface area (Å²) in [7, 11) is 1.73. The predicted molar refractivity (Wildman–Crippen MR) is 150 cm³/mol. The van der Waals surface area contributed by atoms with Crippen LogP contribution in [0.3, 0.4) is 0 Å². The van der Waals surface area contributed by atoms with Crippen LogP contribution in [-0.4, -0.2) is 66.1 Å². The van der Waals surface area contributed by atoms with Crippen LogP contribution in [0.2, 0.25) is 0 Å². The van der Waals surface area contributed by atoms with Gasteiger partial charge in [0.15, 0.2) is 0 Å². The minimum atomic E-state index is -0.544. The fraction of sp³-hybridized carbons (Fsp3) is 0.517. The second-order valence-corrected chi connectivity index (χ2v) is 11.4. The monoisotopic (exact) mass is 535 g/mol. The Bertz CT molecular complexity index is 1290. The maximum Gasteiger partial charge on any atom is 0.246 e. The minimum Gasteiger partial charge on any atom is -0.381 e. The topological polar surface area (TPSA) is 96.5 Å². The Kier molecular flexibility index (Phi) is 8.35. The van der Waals surface area contributed by atoms with Crippen molar-refractivity contribution in [2.45, 2.75) is 57.5 Å². The van der Waals surface area contributed by atoms with Crippen LogP contribution in [0.25, 0.3) is 22.2 Å². The molecule has 0 spiro atoms. The quantitative estimate of drug-likeness (QED) is 0.447. The van der Waals surface area contributed by atoms with Gasteiger partial charge in [0.1, 0.15) is 11.0 Å². The summed E-state index contributed by atoms with van der Waals surface area (Å²) in [5.74, 6) is 0.217. The van der Waals surface area contributed by atoms with E-state index in [-0.39, 0.29) is 30.3 Å². The molecule has 9 heteroatoms. The van der Waals surface area contributed by atoms with E-state index in [0.29, 0.717) is 25.7 Å². The normalized spacial score (nSPS) is 19.3. The smallest absolute Gasteiger partial charge is 0.246 e. The number of carbonyl (C=O) groups is 2. The summed E-state index contributed by atoms with van der Waals surface area (Å²) in [6.45, 7) is 6.40. The number of rotatable bonds is 8. The second kappa shape index (κ2) is 11.9. The van der Waals surface area contributed by atoms with Gasteiger partial charge in [-0.1, -0.05) is 32.0 Å². The molecule has 2 fully saturated rings.